The summed E-state index contributed by atoms with van der Waals surface area (Å²) < 4.78 is 23.5. The molecule has 0 aromatic carbocycles. The number of phosphoric ester groups is 1. The first-order chi connectivity index (χ1) is 13.9. The first-order valence-corrected chi connectivity index (χ1v) is 14.0. The number of phosphoric acid groups is 1. The van der Waals surface area contributed by atoms with Gasteiger partial charge in [-0.2, -0.15) is 0 Å². The van der Waals surface area contributed by atoms with Gasteiger partial charge in [0.05, 0.1) is 13.2 Å². The van der Waals surface area contributed by atoms with Crippen molar-refractivity contribution in [1.82, 2.24) is 0 Å². The molecule has 164 valence electrons. The van der Waals surface area contributed by atoms with Crippen LogP contribution < -0.4 is 0 Å². The van der Waals surface area contributed by atoms with E-state index in [2.05, 4.69) is 0 Å². The van der Waals surface area contributed by atoms with E-state index in [4.69, 9.17) is 9.05 Å². The maximum Gasteiger partial charge on any atom is 0.472 e. The molecular formula is C24H39O4P. The zero-order valence-corrected chi connectivity index (χ0v) is 18.8. The van der Waals surface area contributed by atoms with Crippen LogP contribution in [0.25, 0.3) is 0 Å². The molecule has 0 saturated heterocycles. The predicted molar refractivity (Wildman–Crippen MR) is 112 cm³/mol. The van der Waals surface area contributed by atoms with E-state index in [9.17, 15) is 9.46 Å². The van der Waals surface area contributed by atoms with Crippen LogP contribution in [0.15, 0.2) is 0 Å². The Morgan fingerprint density at radius 2 is 0.897 bits per heavy atom. The van der Waals surface area contributed by atoms with Gasteiger partial charge in [0.15, 0.2) is 0 Å². The van der Waals surface area contributed by atoms with Crippen LogP contribution >= 0.6 is 7.82 Å². The topological polar surface area (TPSA) is 55.8 Å². The Morgan fingerprint density at radius 3 is 1.17 bits per heavy atom. The van der Waals surface area contributed by atoms with Crippen LogP contribution in [-0.2, 0) is 13.6 Å². The second-order valence-corrected chi connectivity index (χ2v) is 13.9. The first-order valence-electron chi connectivity index (χ1n) is 12.5. The molecule has 0 spiro atoms. The van der Waals surface area contributed by atoms with Gasteiger partial charge in [-0.15, -0.1) is 0 Å². The minimum Gasteiger partial charge on any atom is -0.302 e. The number of hydrogen-bond acceptors (Lipinski definition) is 3. The lowest BCUT2D eigenvalue weighted by Crippen LogP contribution is -2.46. The standard InChI is InChI=1S/C24H39O4P/c25-29(26,27-3-1-23-11-17-5-18(12-23)7-19(6-17)13-23)28-4-2-24-14-20-8-21(15-24)10-22(9-20)16-24/h17-22H,1-16H2,(H,25,26). The summed E-state index contributed by atoms with van der Waals surface area (Å²) in [5.74, 6) is 5.49. The van der Waals surface area contributed by atoms with Crippen molar-refractivity contribution >= 4 is 7.82 Å². The quantitative estimate of drug-likeness (QED) is 0.464. The zero-order valence-electron chi connectivity index (χ0n) is 17.9. The van der Waals surface area contributed by atoms with Gasteiger partial charge < -0.3 is 4.89 Å². The van der Waals surface area contributed by atoms with Gasteiger partial charge in [0.25, 0.3) is 0 Å². The van der Waals surface area contributed by atoms with E-state index in [-0.39, 0.29) is 0 Å². The van der Waals surface area contributed by atoms with Crippen molar-refractivity contribution < 1.29 is 18.5 Å². The summed E-state index contributed by atoms with van der Waals surface area (Å²) in [6.45, 7) is 0.772. The fraction of sp³-hybridized carbons (Fsp3) is 1.00. The van der Waals surface area contributed by atoms with Crippen molar-refractivity contribution in [3.8, 4) is 0 Å². The van der Waals surface area contributed by atoms with E-state index in [0.29, 0.717) is 24.0 Å². The molecule has 5 heteroatoms. The molecule has 0 aromatic heterocycles. The fourth-order valence-electron chi connectivity index (χ4n) is 9.98. The van der Waals surface area contributed by atoms with Crippen molar-refractivity contribution in [2.24, 2.45) is 46.3 Å². The van der Waals surface area contributed by atoms with Gasteiger partial charge in [0.2, 0.25) is 0 Å². The Morgan fingerprint density at radius 1 is 0.621 bits per heavy atom. The zero-order chi connectivity index (χ0) is 19.7. The van der Waals surface area contributed by atoms with Crippen LogP contribution in [0.3, 0.4) is 0 Å². The fourth-order valence-corrected chi connectivity index (χ4v) is 10.7. The van der Waals surface area contributed by atoms with Gasteiger partial charge in [0, 0.05) is 0 Å². The highest BCUT2D eigenvalue weighted by Gasteiger charge is 2.52. The Bertz CT molecular complexity index is 564. The van der Waals surface area contributed by atoms with Crippen LogP contribution in [0.2, 0.25) is 0 Å². The highest BCUT2D eigenvalue weighted by molar-refractivity contribution is 7.47. The summed E-state index contributed by atoms with van der Waals surface area (Å²) in [5.41, 5.74) is 0.794. The molecule has 8 aliphatic rings. The van der Waals surface area contributed by atoms with Crippen molar-refractivity contribution in [3.63, 3.8) is 0 Å². The molecule has 8 bridgehead atoms. The maximum absolute atomic E-state index is 12.5. The molecule has 29 heavy (non-hydrogen) atoms. The van der Waals surface area contributed by atoms with E-state index in [1.54, 1.807) is 0 Å². The predicted octanol–water partition coefficient (Wildman–Crippen LogP) is 6.33. The van der Waals surface area contributed by atoms with E-state index >= 15 is 0 Å². The second kappa shape index (κ2) is 7.06. The number of rotatable bonds is 8. The van der Waals surface area contributed by atoms with Crippen LogP contribution in [0.4, 0.5) is 0 Å². The minimum atomic E-state index is -3.91. The largest absolute Gasteiger partial charge is 0.472 e. The third-order valence-electron chi connectivity index (χ3n) is 10.1. The summed E-state index contributed by atoms with van der Waals surface area (Å²) in [4.78, 5) is 10.3. The van der Waals surface area contributed by atoms with E-state index in [1.807, 2.05) is 0 Å². The van der Waals surface area contributed by atoms with Gasteiger partial charge in [0.1, 0.15) is 0 Å². The van der Waals surface area contributed by atoms with Gasteiger partial charge in [-0.25, -0.2) is 4.57 Å². The maximum atomic E-state index is 12.5. The van der Waals surface area contributed by atoms with Crippen LogP contribution in [0, 0.1) is 46.3 Å². The Hall–Kier alpha value is 0.110. The normalized spacial score (nSPS) is 51.5. The molecule has 8 rings (SSSR count). The van der Waals surface area contributed by atoms with Crippen LogP contribution in [-0.4, -0.2) is 18.1 Å². The Balaban J connectivity index is 0.977. The highest BCUT2D eigenvalue weighted by atomic mass is 31.2. The molecule has 0 amide bonds. The molecule has 0 aliphatic heterocycles. The molecule has 4 nitrogen and oxygen atoms in total. The average molecular weight is 423 g/mol. The Labute approximate surface area is 176 Å². The molecule has 0 heterocycles. The average Bonchev–Trinajstić information content (AvgIpc) is 2.58. The SMILES string of the molecule is O=P(O)(OCCC12CC3CC(CC(C3)C1)C2)OCCC12CC3CC(CC(C3)C1)C2. The van der Waals surface area contributed by atoms with Crippen molar-refractivity contribution in [2.75, 3.05) is 13.2 Å². The van der Waals surface area contributed by atoms with Gasteiger partial charge >= 0.3 is 7.82 Å². The molecule has 0 aromatic rings. The third kappa shape index (κ3) is 3.90. The van der Waals surface area contributed by atoms with Crippen LogP contribution in [0.5, 0.6) is 0 Å². The van der Waals surface area contributed by atoms with Crippen molar-refractivity contribution in [3.05, 3.63) is 0 Å². The third-order valence-corrected chi connectivity index (χ3v) is 11.1. The minimum absolute atomic E-state index is 0.386. The lowest BCUT2D eigenvalue weighted by molar-refractivity contribution is -0.0668. The van der Waals surface area contributed by atoms with Gasteiger partial charge in [-0.05, 0) is 136 Å². The summed E-state index contributed by atoms with van der Waals surface area (Å²) >= 11 is 0. The van der Waals surface area contributed by atoms with E-state index in [0.717, 1.165) is 48.3 Å². The van der Waals surface area contributed by atoms with Crippen LogP contribution in [0.1, 0.15) is 89.9 Å². The molecule has 0 radical (unpaired) electrons. The molecule has 1 N–H and O–H groups in total. The Kier molecular flexibility index (Phi) is 4.81. The first kappa shape index (κ1) is 19.8. The molecule has 8 saturated carbocycles. The van der Waals surface area contributed by atoms with E-state index in [1.165, 1.54) is 77.0 Å². The molecule has 8 aliphatic carbocycles. The van der Waals surface area contributed by atoms with Crippen molar-refractivity contribution in [1.29, 1.82) is 0 Å². The van der Waals surface area contributed by atoms with Gasteiger partial charge in [-0.1, -0.05) is 0 Å². The van der Waals surface area contributed by atoms with Gasteiger partial charge in [-0.3, -0.25) is 9.05 Å². The lowest BCUT2D eigenvalue weighted by atomic mass is 9.49. The number of hydrogen-bond donors (Lipinski definition) is 1. The molecule has 8 fully saturated rings. The molecule has 0 unspecified atom stereocenters. The molecule has 0 atom stereocenters. The summed E-state index contributed by atoms with van der Waals surface area (Å²) in [6.07, 6.45) is 18.5. The summed E-state index contributed by atoms with van der Waals surface area (Å²) in [5, 5.41) is 0. The smallest absolute Gasteiger partial charge is 0.302 e. The lowest BCUT2D eigenvalue weighted by Gasteiger charge is -2.57. The molecular weight excluding hydrogens is 383 g/mol. The highest BCUT2D eigenvalue weighted by Crippen LogP contribution is 2.63. The second-order valence-electron chi connectivity index (χ2n) is 12.5. The van der Waals surface area contributed by atoms with E-state index < -0.39 is 7.82 Å². The summed E-state index contributed by atoms with van der Waals surface area (Å²) in [7, 11) is -3.91. The summed E-state index contributed by atoms with van der Waals surface area (Å²) in [6, 6.07) is 0. The monoisotopic (exact) mass is 422 g/mol. The van der Waals surface area contributed by atoms with Crippen molar-refractivity contribution in [2.45, 2.75) is 89.9 Å².